The molecule has 0 saturated heterocycles. The van der Waals surface area contributed by atoms with Crippen LogP contribution in [0.2, 0.25) is 0 Å². The van der Waals surface area contributed by atoms with Crippen LogP contribution >= 0.6 is 8.46 Å². The van der Waals surface area contributed by atoms with Crippen LogP contribution in [0.5, 0.6) is 0 Å². The fourth-order valence-corrected chi connectivity index (χ4v) is 1.17. The van der Waals surface area contributed by atoms with Crippen molar-refractivity contribution in [3.05, 3.63) is 0 Å². The fraction of sp³-hybridized carbons (Fsp3) is 1.00. The summed E-state index contributed by atoms with van der Waals surface area (Å²) in [6.07, 6.45) is 1.87. The van der Waals surface area contributed by atoms with Gasteiger partial charge in [0.15, 0.2) is 8.46 Å². The van der Waals surface area contributed by atoms with Gasteiger partial charge in [0.05, 0.1) is 0 Å². The minimum atomic E-state index is 0.288. The Kier molecular flexibility index (Phi) is 4.12. The van der Waals surface area contributed by atoms with Crippen LogP contribution in [0.1, 0.15) is 34.1 Å². The van der Waals surface area contributed by atoms with E-state index in [-0.39, 0.29) is 8.46 Å². The lowest BCUT2D eigenvalue weighted by Crippen LogP contribution is -2.17. The Bertz CT molecular complexity index is 104. The van der Waals surface area contributed by atoms with Gasteiger partial charge in [-0.15, -0.1) is 0 Å². The predicted molar refractivity (Wildman–Crippen MR) is 45.7 cm³/mol. The third-order valence-electron chi connectivity index (χ3n) is 2.13. The molecule has 0 fully saturated rings. The maximum Gasteiger partial charge on any atom is 0.155 e. The predicted octanol–water partition coefficient (Wildman–Crippen LogP) is 3.35. The number of hydrogen-bond donors (Lipinski definition) is 0. The van der Waals surface area contributed by atoms with E-state index < -0.39 is 0 Å². The molecule has 2 heteroatoms. The Labute approximate surface area is 65.4 Å². The first kappa shape index (κ1) is 10.1. The molecule has 0 amide bonds. The van der Waals surface area contributed by atoms with Gasteiger partial charge in [0, 0.05) is 6.16 Å². The Morgan fingerprint density at radius 3 is 2.20 bits per heavy atom. The molecule has 1 atom stereocenters. The average Bonchev–Trinajstić information content (AvgIpc) is 1.80. The van der Waals surface area contributed by atoms with Crippen LogP contribution < -0.4 is 0 Å². The minimum absolute atomic E-state index is 0.288. The molecule has 0 aliphatic rings. The van der Waals surface area contributed by atoms with Gasteiger partial charge in [-0.1, -0.05) is 27.7 Å². The van der Waals surface area contributed by atoms with Gasteiger partial charge >= 0.3 is 0 Å². The third-order valence-corrected chi connectivity index (χ3v) is 2.57. The van der Waals surface area contributed by atoms with Gasteiger partial charge in [-0.25, -0.2) is 0 Å². The van der Waals surface area contributed by atoms with Crippen molar-refractivity contribution in [2.24, 2.45) is 11.3 Å². The van der Waals surface area contributed by atoms with Gasteiger partial charge in [-0.05, 0) is 17.8 Å². The van der Waals surface area contributed by atoms with E-state index >= 15 is 0 Å². The Hall–Kier alpha value is 0.100. The molecule has 1 nitrogen and oxygen atoms in total. The monoisotopic (exact) mass is 160 g/mol. The van der Waals surface area contributed by atoms with Crippen molar-refractivity contribution in [2.45, 2.75) is 34.1 Å². The maximum atomic E-state index is 10.1. The van der Waals surface area contributed by atoms with Crippen molar-refractivity contribution in [1.82, 2.24) is 0 Å². The van der Waals surface area contributed by atoms with E-state index in [4.69, 9.17) is 0 Å². The van der Waals surface area contributed by atoms with E-state index in [1.807, 2.05) is 0 Å². The molecule has 0 saturated carbocycles. The second-order valence-corrected chi connectivity index (χ2v) is 4.61. The van der Waals surface area contributed by atoms with Crippen molar-refractivity contribution in [1.29, 1.82) is 0 Å². The van der Waals surface area contributed by atoms with Gasteiger partial charge in [0.2, 0.25) is 0 Å². The first-order chi connectivity index (χ1) is 4.48. The summed E-state index contributed by atoms with van der Waals surface area (Å²) in [6, 6.07) is 0. The van der Waals surface area contributed by atoms with E-state index in [1.54, 1.807) is 0 Å². The van der Waals surface area contributed by atoms with E-state index in [2.05, 4.69) is 27.7 Å². The molecule has 1 unspecified atom stereocenters. The first-order valence-corrected chi connectivity index (χ1v) is 4.77. The summed E-state index contributed by atoms with van der Waals surface area (Å²) in [5, 5.41) is 0. The molecule has 0 rings (SSSR count). The molecule has 0 bridgehead atoms. The third kappa shape index (κ3) is 4.00. The molecular weight excluding hydrogens is 143 g/mol. The molecule has 0 aliphatic heterocycles. The Balaban J connectivity index is 3.61. The lowest BCUT2D eigenvalue weighted by atomic mass is 9.81. The molecule has 60 valence electrons. The molecule has 0 aromatic rings. The van der Waals surface area contributed by atoms with E-state index in [9.17, 15) is 4.57 Å². The van der Waals surface area contributed by atoms with Crippen LogP contribution in [-0.2, 0) is 4.57 Å². The summed E-state index contributed by atoms with van der Waals surface area (Å²) in [6.45, 7) is 8.88. The lowest BCUT2D eigenvalue weighted by molar-refractivity contribution is 0.256. The second kappa shape index (κ2) is 4.08. The zero-order valence-corrected chi connectivity index (χ0v) is 8.24. The SMILES string of the molecule is CC(CCP=O)C(C)(C)C. The van der Waals surface area contributed by atoms with Crippen LogP contribution in [0, 0.1) is 11.3 Å². The van der Waals surface area contributed by atoms with Gasteiger partial charge in [0.25, 0.3) is 0 Å². The van der Waals surface area contributed by atoms with Crippen molar-refractivity contribution < 1.29 is 4.57 Å². The van der Waals surface area contributed by atoms with Crippen LogP contribution in [-0.4, -0.2) is 6.16 Å². The quantitative estimate of drug-likeness (QED) is 0.578. The summed E-state index contributed by atoms with van der Waals surface area (Å²) in [4.78, 5) is 0. The van der Waals surface area contributed by atoms with Gasteiger partial charge in [-0.3, -0.25) is 4.57 Å². The van der Waals surface area contributed by atoms with Crippen molar-refractivity contribution in [2.75, 3.05) is 6.16 Å². The van der Waals surface area contributed by atoms with Crippen LogP contribution in [0.3, 0.4) is 0 Å². The zero-order valence-electron chi connectivity index (χ0n) is 7.35. The fourth-order valence-electron chi connectivity index (χ4n) is 0.679. The van der Waals surface area contributed by atoms with E-state index in [0.29, 0.717) is 11.3 Å². The summed E-state index contributed by atoms with van der Waals surface area (Å²) in [7, 11) is 0.288. The highest BCUT2D eigenvalue weighted by Gasteiger charge is 2.18. The standard InChI is InChI=1S/C8H17OP/c1-7(5-6-10-9)8(2,3)4/h7H,5-6H2,1-4H3. The topological polar surface area (TPSA) is 17.1 Å². The van der Waals surface area contributed by atoms with E-state index in [0.717, 1.165) is 12.6 Å². The Morgan fingerprint density at radius 2 is 1.90 bits per heavy atom. The molecule has 10 heavy (non-hydrogen) atoms. The Morgan fingerprint density at radius 1 is 1.40 bits per heavy atom. The van der Waals surface area contributed by atoms with Crippen molar-refractivity contribution in [3.8, 4) is 0 Å². The molecule has 0 heterocycles. The summed E-state index contributed by atoms with van der Waals surface area (Å²) in [5.41, 5.74) is 0.366. The highest BCUT2D eigenvalue weighted by atomic mass is 31.1. The normalized spacial score (nSPS) is 15.6. The van der Waals surface area contributed by atoms with Gasteiger partial charge in [-0.2, -0.15) is 0 Å². The molecule has 0 aromatic carbocycles. The van der Waals surface area contributed by atoms with Crippen molar-refractivity contribution in [3.63, 3.8) is 0 Å². The number of hydrogen-bond acceptors (Lipinski definition) is 1. The molecule has 0 aromatic heterocycles. The molecule has 0 spiro atoms. The molecular formula is C8H17OP. The minimum Gasteiger partial charge on any atom is -0.275 e. The van der Waals surface area contributed by atoms with Crippen LogP contribution in [0.15, 0.2) is 0 Å². The largest absolute Gasteiger partial charge is 0.275 e. The highest BCUT2D eigenvalue weighted by molar-refractivity contribution is 7.23. The molecule has 0 aliphatic carbocycles. The van der Waals surface area contributed by atoms with E-state index in [1.165, 1.54) is 0 Å². The first-order valence-electron chi connectivity index (χ1n) is 3.77. The second-order valence-electron chi connectivity index (χ2n) is 3.91. The summed E-state index contributed by atoms with van der Waals surface area (Å²) >= 11 is 0. The van der Waals surface area contributed by atoms with Crippen LogP contribution in [0.4, 0.5) is 0 Å². The number of rotatable bonds is 3. The summed E-state index contributed by atoms with van der Waals surface area (Å²) < 4.78 is 10.1. The van der Waals surface area contributed by atoms with Crippen molar-refractivity contribution >= 4 is 8.46 Å². The molecule has 0 radical (unpaired) electrons. The maximum absolute atomic E-state index is 10.1. The highest BCUT2D eigenvalue weighted by Crippen LogP contribution is 2.28. The zero-order chi connectivity index (χ0) is 8.20. The van der Waals surface area contributed by atoms with Gasteiger partial charge in [0.1, 0.15) is 0 Å². The average molecular weight is 160 g/mol. The summed E-state index contributed by atoms with van der Waals surface area (Å²) in [5.74, 6) is 0.661. The van der Waals surface area contributed by atoms with Crippen LogP contribution in [0.25, 0.3) is 0 Å². The smallest absolute Gasteiger partial charge is 0.155 e. The van der Waals surface area contributed by atoms with Gasteiger partial charge < -0.3 is 0 Å². The molecule has 0 N–H and O–H groups in total. The lowest BCUT2D eigenvalue weighted by Gasteiger charge is -2.26.